The van der Waals surface area contributed by atoms with Crippen molar-refractivity contribution in [2.45, 2.75) is 45.4 Å². The van der Waals surface area contributed by atoms with Crippen LogP contribution in [0.15, 0.2) is 4.99 Å². The summed E-state index contributed by atoms with van der Waals surface area (Å²) in [5.41, 5.74) is 0. The molecule has 0 unspecified atom stereocenters. The van der Waals surface area contributed by atoms with Gasteiger partial charge >= 0.3 is 6.16 Å². The van der Waals surface area contributed by atoms with Gasteiger partial charge in [-0.3, -0.25) is 4.99 Å². The number of amidine groups is 1. The van der Waals surface area contributed by atoms with Gasteiger partial charge in [0.25, 0.3) is 0 Å². The summed E-state index contributed by atoms with van der Waals surface area (Å²) in [4.78, 5) is 16.8. The number of aliphatic imine (C=N–C) groups is 1. The van der Waals surface area contributed by atoms with Crippen LogP contribution in [0.1, 0.15) is 45.4 Å². The maximum absolute atomic E-state index is 9.75. The van der Waals surface area contributed by atoms with Crippen LogP contribution >= 0.6 is 0 Å². The molecule has 6 heteroatoms. The van der Waals surface area contributed by atoms with Gasteiger partial charge in [0, 0.05) is 32.7 Å². The van der Waals surface area contributed by atoms with Crippen molar-refractivity contribution in [2.75, 3.05) is 39.5 Å². The Kier molecular flexibility index (Phi) is 9.61. The molecule has 122 valence electrons. The number of hydrogen-bond acceptors (Lipinski definition) is 5. The van der Waals surface area contributed by atoms with Crippen LogP contribution in [0, 0.1) is 0 Å². The van der Waals surface area contributed by atoms with Gasteiger partial charge in [-0.1, -0.05) is 13.3 Å². The van der Waals surface area contributed by atoms with Crippen LogP contribution in [0.2, 0.25) is 0 Å². The van der Waals surface area contributed by atoms with Gasteiger partial charge < -0.3 is 19.5 Å². The normalized spacial score (nSPS) is 17.8. The summed E-state index contributed by atoms with van der Waals surface area (Å²) in [6.07, 6.45) is 6.32. The molecular weight excluding hydrogens is 272 g/mol. The first-order valence-electron chi connectivity index (χ1n) is 7.95. The zero-order chi connectivity index (χ0) is 15.3. The molecule has 0 bridgehead atoms. The number of hydrogen-bond donors (Lipinski definition) is 1. The SMILES string of the molecule is C1CCC2=NCCCN2CC1.CCCOCCOC(=O)O. The van der Waals surface area contributed by atoms with Gasteiger partial charge in [-0.25, -0.2) is 4.79 Å². The predicted octanol–water partition coefficient (Wildman–Crippen LogP) is 2.77. The Labute approximate surface area is 127 Å². The van der Waals surface area contributed by atoms with E-state index >= 15 is 0 Å². The highest BCUT2D eigenvalue weighted by molar-refractivity contribution is 5.83. The number of rotatable bonds is 5. The summed E-state index contributed by atoms with van der Waals surface area (Å²) in [6, 6.07) is 0. The minimum absolute atomic E-state index is 0.120. The number of nitrogens with zero attached hydrogens (tertiary/aromatic N) is 2. The van der Waals surface area contributed by atoms with E-state index in [-0.39, 0.29) is 6.61 Å². The molecule has 21 heavy (non-hydrogen) atoms. The van der Waals surface area contributed by atoms with Crippen molar-refractivity contribution in [1.82, 2.24) is 4.90 Å². The third kappa shape index (κ3) is 8.55. The minimum atomic E-state index is -1.25. The van der Waals surface area contributed by atoms with E-state index in [0.29, 0.717) is 13.2 Å². The maximum atomic E-state index is 9.75. The van der Waals surface area contributed by atoms with Gasteiger partial charge in [0.15, 0.2) is 0 Å². The van der Waals surface area contributed by atoms with Crippen LogP contribution in [0.3, 0.4) is 0 Å². The summed E-state index contributed by atoms with van der Waals surface area (Å²) in [7, 11) is 0. The Morgan fingerprint density at radius 3 is 2.76 bits per heavy atom. The van der Waals surface area contributed by atoms with E-state index in [9.17, 15) is 4.79 Å². The molecule has 0 aromatic rings. The van der Waals surface area contributed by atoms with Gasteiger partial charge in [-0.15, -0.1) is 0 Å². The largest absolute Gasteiger partial charge is 0.505 e. The molecule has 0 atom stereocenters. The average Bonchev–Trinajstić information content (AvgIpc) is 2.73. The van der Waals surface area contributed by atoms with E-state index in [1.54, 1.807) is 0 Å². The van der Waals surface area contributed by atoms with Crippen molar-refractivity contribution in [3.8, 4) is 0 Å². The molecule has 0 radical (unpaired) electrons. The van der Waals surface area contributed by atoms with E-state index in [2.05, 4.69) is 14.6 Å². The fourth-order valence-electron chi connectivity index (χ4n) is 2.37. The second-order valence-electron chi connectivity index (χ2n) is 5.18. The molecule has 0 aromatic carbocycles. The molecule has 0 saturated carbocycles. The Morgan fingerprint density at radius 1 is 1.19 bits per heavy atom. The van der Waals surface area contributed by atoms with Crippen LogP contribution in [0.4, 0.5) is 4.79 Å². The van der Waals surface area contributed by atoms with E-state index in [1.165, 1.54) is 51.0 Å². The molecule has 0 amide bonds. The second kappa shape index (κ2) is 11.4. The topological polar surface area (TPSA) is 71.4 Å². The van der Waals surface area contributed by atoms with Crippen molar-refractivity contribution >= 4 is 12.0 Å². The van der Waals surface area contributed by atoms with Crippen molar-refractivity contribution in [2.24, 2.45) is 4.99 Å². The fourth-order valence-corrected chi connectivity index (χ4v) is 2.37. The van der Waals surface area contributed by atoms with Gasteiger partial charge in [-0.2, -0.15) is 0 Å². The summed E-state index contributed by atoms with van der Waals surface area (Å²) < 4.78 is 9.12. The Morgan fingerprint density at radius 2 is 2.00 bits per heavy atom. The summed E-state index contributed by atoms with van der Waals surface area (Å²) in [6.45, 7) is 6.71. The highest BCUT2D eigenvalue weighted by atomic mass is 16.7. The molecule has 1 fully saturated rings. The van der Waals surface area contributed by atoms with Crippen molar-refractivity contribution in [3.05, 3.63) is 0 Å². The standard InChI is InChI=1S/C9H16N2.C6H12O4/c1-2-5-9-10-6-4-8-11(9)7-3-1;1-2-3-9-4-5-10-6(7)8/h1-8H2;2-5H2,1H3,(H,7,8). The van der Waals surface area contributed by atoms with Gasteiger partial charge in [0.2, 0.25) is 0 Å². The first-order valence-corrected chi connectivity index (χ1v) is 7.95. The highest BCUT2D eigenvalue weighted by Crippen LogP contribution is 2.15. The third-order valence-electron chi connectivity index (χ3n) is 3.38. The van der Waals surface area contributed by atoms with Crippen molar-refractivity contribution in [1.29, 1.82) is 0 Å². The molecule has 0 aromatic heterocycles. The van der Waals surface area contributed by atoms with Crippen LogP contribution in [0.25, 0.3) is 0 Å². The Hall–Kier alpha value is -1.30. The molecule has 1 saturated heterocycles. The average molecular weight is 300 g/mol. The van der Waals surface area contributed by atoms with Gasteiger partial charge in [0.1, 0.15) is 6.61 Å². The lowest BCUT2D eigenvalue weighted by atomic mass is 10.2. The number of ether oxygens (including phenoxy) is 2. The Balaban J connectivity index is 0.000000212. The smallest absolute Gasteiger partial charge is 0.450 e. The number of carbonyl (C=O) groups is 1. The molecular formula is C15H28N2O4. The van der Waals surface area contributed by atoms with Gasteiger partial charge in [0.05, 0.1) is 12.4 Å². The van der Waals surface area contributed by atoms with Crippen LogP contribution in [-0.4, -0.2) is 61.5 Å². The third-order valence-corrected chi connectivity index (χ3v) is 3.38. The quantitative estimate of drug-likeness (QED) is 0.624. The van der Waals surface area contributed by atoms with Crippen molar-refractivity contribution in [3.63, 3.8) is 0 Å². The van der Waals surface area contributed by atoms with E-state index in [0.717, 1.165) is 13.0 Å². The zero-order valence-electron chi connectivity index (χ0n) is 13.1. The van der Waals surface area contributed by atoms with Crippen LogP contribution in [0.5, 0.6) is 0 Å². The van der Waals surface area contributed by atoms with E-state index in [4.69, 9.17) is 9.84 Å². The van der Waals surface area contributed by atoms with Crippen molar-refractivity contribution < 1.29 is 19.4 Å². The lowest BCUT2D eigenvalue weighted by Gasteiger charge is -2.27. The fraction of sp³-hybridized carbons (Fsp3) is 0.867. The summed E-state index contributed by atoms with van der Waals surface area (Å²) in [5, 5.41) is 7.99. The van der Waals surface area contributed by atoms with Gasteiger partial charge in [-0.05, 0) is 25.7 Å². The molecule has 2 aliphatic heterocycles. The molecule has 2 heterocycles. The molecule has 6 nitrogen and oxygen atoms in total. The molecule has 0 spiro atoms. The Bertz CT molecular complexity index is 321. The number of carboxylic acid groups (broad SMARTS) is 1. The zero-order valence-corrected chi connectivity index (χ0v) is 13.1. The van der Waals surface area contributed by atoms with E-state index in [1.807, 2.05) is 6.92 Å². The lowest BCUT2D eigenvalue weighted by Crippen LogP contribution is -2.34. The molecule has 1 N–H and O–H groups in total. The monoisotopic (exact) mass is 300 g/mol. The van der Waals surface area contributed by atoms with E-state index < -0.39 is 6.16 Å². The first-order chi connectivity index (χ1) is 10.2. The molecule has 2 aliphatic rings. The van der Waals surface area contributed by atoms with Crippen LogP contribution < -0.4 is 0 Å². The lowest BCUT2D eigenvalue weighted by molar-refractivity contribution is 0.0480. The predicted molar refractivity (Wildman–Crippen MR) is 82.0 cm³/mol. The second-order valence-corrected chi connectivity index (χ2v) is 5.18. The molecule has 0 aliphatic carbocycles. The summed E-state index contributed by atoms with van der Waals surface area (Å²) in [5.74, 6) is 1.40. The maximum Gasteiger partial charge on any atom is 0.505 e. The highest BCUT2D eigenvalue weighted by Gasteiger charge is 2.16. The molecule has 2 rings (SSSR count). The first kappa shape index (κ1) is 17.8. The number of fused-ring (bicyclic) bond motifs is 1. The minimum Gasteiger partial charge on any atom is -0.450 e. The summed E-state index contributed by atoms with van der Waals surface area (Å²) >= 11 is 0. The van der Waals surface area contributed by atoms with Crippen LogP contribution in [-0.2, 0) is 9.47 Å².